The van der Waals surface area contributed by atoms with Crippen LogP contribution in [0.5, 0.6) is 0 Å². The monoisotopic (exact) mass is 357 g/mol. The summed E-state index contributed by atoms with van der Waals surface area (Å²) in [5.74, 6) is -1.46. The molecule has 4 fully saturated rings. The topological polar surface area (TPSA) is 75.6 Å². The third-order valence-electron chi connectivity index (χ3n) is 6.15. The van der Waals surface area contributed by atoms with Gasteiger partial charge in [-0.2, -0.15) is 0 Å². The summed E-state index contributed by atoms with van der Waals surface area (Å²) in [5, 5.41) is 12.6. The van der Waals surface area contributed by atoms with Crippen molar-refractivity contribution in [2.24, 2.45) is 17.8 Å². The second-order valence-corrected chi connectivity index (χ2v) is 14.9. The molecule has 4 aliphatic carbocycles. The first-order chi connectivity index (χ1) is 11.0. The predicted molar refractivity (Wildman–Crippen MR) is 90.4 cm³/mol. The fourth-order valence-corrected chi connectivity index (χ4v) is 5.89. The van der Waals surface area contributed by atoms with E-state index >= 15 is 0 Å². The van der Waals surface area contributed by atoms with Crippen LogP contribution in [0.15, 0.2) is 0 Å². The van der Waals surface area contributed by atoms with Crippen LogP contribution in [0.1, 0.15) is 32.1 Å². The van der Waals surface area contributed by atoms with Crippen LogP contribution in [0, 0.1) is 17.8 Å². The van der Waals surface area contributed by atoms with Gasteiger partial charge in [0.2, 0.25) is 0 Å². The molecule has 0 radical (unpaired) electrons. The van der Waals surface area contributed by atoms with Crippen molar-refractivity contribution in [1.29, 1.82) is 0 Å². The van der Waals surface area contributed by atoms with Crippen molar-refractivity contribution < 1.29 is 23.8 Å². The van der Waals surface area contributed by atoms with E-state index in [1.165, 1.54) is 0 Å². The van der Waals surface area contributed by atoms with Gasteiger partial charge in [-0.15, -0.1) is 0 Å². The highest BCUT2D eigenvalue weighted by atomic mass is 28.3. The average Bonchev–Trinajstić information content (AvgIpc) is 2.39. The zero-order chi connectivity index (χ0) is 17.8. The summed E-state index contributed by atoms with van der Waals surface area (Å²) in [6, 6.07) is 0.836. The summed E-state index contributed by atoms with van der Waals surface area (Å²) in [4.78, 5) is 24.3. The molecule has 136 valence electrons. The SMILES string of the molecule is C[Si](C)(C)CCOC(=O)N[C@@]1(C(=O)O)[C@@H]2C[C@@H]3C[C@H]1C[C@@](F)(C3)C2. The number of nitrogens with one attached hydrogen (secondary N) is 1. The molecule has 0 aromatic rings. The van der Waals surface area contributed by atoms with Crippen molar-refractivity contribution >= 4 is 20.1 Å². The summed E-state index contributed by atoms with van der Waals surface area (Å²) < 4.78 is 20.1. The maximum Gasteiger partial charge on any atom is 0.408 e. The Kier molecular flexibility index (Phi) is 4.21. The maximum atomic E-state index is 14.8. The minimum absolute atomic E-state index is 0.238. The van der Waals surface area contributed by atoms with E-state index in [0.717, 1.165) is 6.04 Å². The standard InChI is InChI=1S/C17H28FNO4Si/c1-24(2,3)5-4-23-15(22)19-17(14(20)21)12-6-11-7-13(17)10-16(18,8-11)9-12/h11-13H,4-10H2,1-3H3,(H,19,22)(H,20,21)/t11-,12-,13+,16-,17+. The van der Waals surface area contributed by atoms with Crippen molar-refractivity contribution in [3.8, 4) is 0 Å². The third kappa shape index (κ3) is 3.07. The van der Waals surface area contributed by atoms with E-state index in [1.807, 2.05) is 0 Å². The smallest absolute Gasteiger partial charge is 0.408 e. The van der Waals surface area contributed by atoms with E-state index in [4.69, 9.17) is 4.74 Å². The number of hydrogen-bond acceptors (Lipinski definition) is 3. The van der Waals surface area contributed by atoms with Crippen molar-refractivity contribution in [2.75, 3.05) is 6.61 Å². The highest BCUT2D eigenvalue weighted by Gasteiger charge is 2.66. The van der Waals surface area contributed by atoms with Crippen LogP contribution in [-0.4, -0.2) is 43.1 Å². The van der Waals surface area contributed by atoms with Gasteiger partial charge < -0.3 is 15.2 Å². The number of carbonyl (C=O) groups is 2. The van der Waals surface area contributed by atoms with Crippen LogP contribution in [0.2, 0.25) is 25.7 Å². The molecule has 4 bridgehead atoms. The molecule has 0 heterocycles. The fraction of sp³-hybridized carbons (Fsp3) is 0.882. The Morgan fingerprint density at radius 1 is 1.21 bits per heavy atom. The molecule has 0 spiro atoms. The molecule has 24 heavy (non-hydrogen) atoms. The number of carboxylic acid groups (broad SMARTS) is 1. The second kappa shape index (κ2) is 5.71. The van der Waals surface area contributed by atoms with Gasteiger partial charge in [0.05, 0.1) is 6.61 Å². The minimum atomic E-state index is -1.36. The van der Waals surface area contributed by atoms with E-state index in [-0.39, 0.29) is 30.6 Å². The van der Waals surface area contributed by atoms with Crippen LogP contribution in [-0.2, 0) is 9.53 Å². The molecule has 0 aromatic carbocycles. The maximum absolute atomic E-state index is 14.8. The van der Waals surface area contributed by atoms with Crippen molar-refractivity contribution in [3.05, 3.63) is 0 Å². The molecule has 0 aromatic heterocycles. The largest absolute Gasteiger partial charge is 0.479 e. The Balaban J connectivity index is 1.71. The Hall–Kier alpha value is -1.11. The number of hydrogen-bond donors (Lipinski definition) is 2. The third-order valence-corrected chi connectivity index (χ3v) is 7.85. The van der Waals surface area contributed by atoms with Crippen LogP contribution in [0.4, 0.5) is 9.18 Å². The number of carboxylic acids is 1. The highest BCUT2D eigenvalue weighted by Crippen LogP contribution is 2.61. The number of aliphatic carboxylic acids is 1. The lowest BCUT2D eigenvalue weighted by Gasteiger charge is -2.60. The first kappa shape index (κ1) is 17.7. The molecule has 2 N–H and O–H groups in total. The average molecular weight is 357 g/mol. The lowest BCUT2D eigenvalue weighted by atomic mass is 9.47. The summed E-state index contributed by atoms with van der Waals surface area (Å²) >= 11 is 0. The van der Waals surface area contributed by atoms with Gasteiger partial charge in [-0.1, -0.05) is 19.6 Å². The summed E-state index contributed by atoms with van der Waals surface area (Å²) in [6.45, 7) is 6.87. The summed E-state index contributed by atoms with van der Waals surface area (Å²) in [7, 11) is -1.32. The number of carbonyl (C=O) groups excluding carboxylic acids is 1. The zero-order valence-electron chi connectivity index (χ0n) is 14.7. The Labute approximate surface area is 143 Å². The van der Waals surface area contributed by atoms with Gasteiger partial charge in [-0.3, -0.25) is 0 Å². The van der Waals surface area contributed by atoms with Crippen LogP contribution >= 0.6 is 0 Å². The fourth-order valence-electron chi connectivity index (χ4n) is 5.17. The molecule has 0 unspecified atom stereocenters. The molecule has 4 saturated carbocycles. The first-order valence-electron chi connectivity index (χ1n) is 8.91. The molecule has 5 atom stereocenters. The van der Waals surface area contributed by atoms with E-state index in [9.17, 15) is 19.1 Å². The highest BCUT2D eigenvalue weighted by molar-refractivity contribution is 6.76. The molecule has 7 heteroatoms. The summed E-state index contributed by atoms with van der Waals surface area (Å²) in [6.07, 6.45) is 1.73. The Morgan fingerprint density at radius 2 is 1.79 bits per heavy atom. The molecular weight excluding hydrogens is 329 g/mol. The predicted octanol–water partition coefficient (Wildman–Crippen LogP) is 3.42. The number of halogens is 1. The van der Waals surface area contributed by atoms with Gasteiger partial charge in [-0.25, -0.2) is 14.0 Å². The molecular formula is C17H28FNO4Si. The quantitative estimate of drug-likeness (QED) is 0.739. The number of rotatable bonds is 5. The van der Waals surface area contributed by atoms with Gasteiger partial charge in [0.25, 0.3) is 0 Å². The van der Waals surface area contributed by atoms with Gasteiger partial charge in [-0.05, 0) is 55.9 Å². The minimum Gasteiger partial charge on any atom is -0.479 e. The molecule has 1 amide bonds. The summed E-state index contributed by atoms with van der Waals surface area (Å²) in [5.41, 5.74) is -2.60. The van der Waals surface area contributed by atoms with E-state index in [1.54, 1.807) is 0 Å². The number of amides is 1. The normalized spacial score (nSPS) is 40.4. The van der Waals surface area contributed by atoms with Crippen molar-refractivity contribution in [3.63, 3.8) is 0 Å². The molecule has 4 rings (SSSR count). The van der Waals surface area contributed by atoms with E-state index in [2.05, 4.69) is 25.0 Å². The lowest BCUT2D eigenvalue weighted by Crippen LogP contribution is -2.72. The van der Waals surface area contributed by atoms with Gasteiger partial charge in [0, 0.05) is 8.07 Å². The number of alkyl halides is 1. The van der Waals surface area contributed by atoms with Crippen LogP contribution < -0.4 is 5.32 Å². The van der Waals surface area contributed by atoms with Crippen molar-refractivity contribution in [2.45, 2.75) is 69.0 Å². The van der Waals surface area contributed by atoms with Crippen LogP contribution in [0.3, 0.4) is 0 Å². The van der Waals surface area contributed by atoms with E-state index in [0.29, 0.717) is 25.9 Å². The second-order valence-electron chi connectivity index (χ2n) is 9.24. The molecule has 4 aliphatic rings. The van der Waals surface area contributed by atoms with E-state index < -0.39 is 31.3 Å². The van der Waals surface area contributed by atoms with Crippen molar-refractivity contribution in [1.82, 2.24) is 5.32 Å². The molecule has 0 aliphatic heterocycles. The molecule has 5 nitrogen and oxygen atoms in total. The van der Waals surface area contributed by atoms with Gasteiger partial charge in [0.15, 0.2) is 0 Å². The molecule has 0 saturated heterocycles. The van der Waals surface area contributed by atoms with Gasteiger partial charge in [0.1, 0.15) is 11.2 Å². The van der Waals surface area contributed by atoms with Crippen LogP contribution in [0.25, 0.3) is 0 Å². The zero-order valence-corrected chi connectivity index (χ0v) is 15.7. The lowest BCUT2D eigenvalue weighted by molar-refractivity contribution is -0.175. The number of alkyl carbamates (subject to hydrolysis) is 1. The number of ether oxygens (including phenoxy) is 1. The Morgan fingerprint density at radius 3 is 2.25 bits per heavy atom. The van der Waals surface area contributed by atoms with Gasteiger partial charge >= 0.3 is 12.1 Å². The Bertz CT molecular complexity index is 531. The first-order valence-corrected chi connectivity index (χ1v) is 12.6.